The predicted octanol–water partition coefficient (Wildman–Crippen LogP) is 2.16. The highest BCUT2D eigenvalue weighted by atomic mass is 35.5. The van der Waals surface area contributed by atoms with Crippen LogP contribution >= 0.6 is 11.6 Å². The fourth-order valence-electron chi connectivity index (χ4n) is 2.91. The van der Waals surface area contributed by atoms with Crippen LogP contribution in [0.1, 0.15) is 37.6 Å². The van der Waals surface area contributed by atoms with Gasteiger partial charge in [-0.3, -0.25) is 9.48 Å². The van der Waals surface area contributed by atoms with Crippen molar-refractivity contribution in [3.8, 4) is 0 Å². The minimum Gasteiger partial charge on any atom is -0.396 e. The summed E-state index contributed by atoms with van der Waals surface area (Å²) in [5, 5.41) is 14.5. The molecular formula is C15H24ClN3O2. The van der Waals surface area contributed by atoms with Crippen LogP contribution in [0.15, 0.2) is 0 Å². The third-order valence-corrected chi connectivity index (χ3v) is 5.39. The number of aryl methyl sites for hydroxylation is 1. The third-order valence-electron chi connectivity index (χ3n) is 4.84. The average molecular weight is 314 g/mol. The molecule has 0 saturated carbocycles. The Morgan fingerprint density at radius 3 is 2.43 bits per heavy atom. The second-order valence-electron chi connectivity index (χ2n) is 6.03. The number of aromatic nitrogens is 2. The van der Waals surface area contributed by atoms with Gasteiger partial charge in [0.1, 0.15) is 6.54 Å². The lowest BCUT2D eigenvalue weighted by molar-refractivity contribution is -0.135. The Morgan fingerprint density at radius 1 is 1.38 bits per heavy atom. The maximum atomic E-state index is 12.4. The number of amides is 1. The minimum absolute atomic E-state index is 0.00169. The van der Waals surface area contributed by atoms with Gasteiger partial charge in [0, 0.05) is 19.7 Å². The van der Waals surface area contributed by atoms with Crippen molar-refractivity contribution < 1.29 is 9.90 Å². The highest BCUT2D eigenvalue weighted by Gasteiger charge is 2.34. The lowest BCUT2D eigenvalue weighted by Gasteiger charge is -2.40. The lowest BCUT2D eigenvalue weighted by Crippen LogP contribution is -2.45. The first kappa shape index (κ1) is 16.3. The van der Waals surface area contributed by atoms with Crippen LogP contribution in [-0.2, 0) is 11.3 Å². The summed E-state index contributed by atoms with van der Waals surface area (Å²) in [6.07, 6.45) is 2.69. The molecule has 1 aromatic heterocycles. The second kappa shape index (κ2) is 6.36. The Kier molecular flexibility index (Phi) is 4.94. The van der Waals surface area contributed by atoms with Crippen LogP contribution in [0.2, 0.25) is 5.02 Å². The van der Waals surface area contributed by atoms with Gasteiger partial charge in [0.05, 0.1) is 16.4 Å². The Bertz CT molecular complexity index is 513. The highest BCUT2D eigenvalue weighted by Crippen LogP contribution is 2.34. The summed E-state index contributed by atoms with van der Waals surface area (Å²) in [5.41, 5.74) is 1.59. The van der Waals surface area contributed by atoms with Crippen LogP contribution in [0.25, 0.3) is 0 Å². The van der Waals surface area contributed by atoms with E-state index >= 15 is 0 Å². The normalized spacial score (nSPS) is 18.0. The zero-order valence-corrected chi connectivity index (χ0v) is 13.8. The number of aliphatic hydroxyl groups is 1. The van der Waals surface area contributed by atoms with Gasteiger partial charge in [0.15, 0.2) is 0 Å². The maximum absolute atomic E-state index is 12.4. The molecule has 0 bridgehead atoms. The van der Waals surface area contributed by atoms with Crippen LogP contribution in [0, 0.1) is 19.3 Å². The topological polar surface area (TPSA) is 58.4 Å². The van der Waals surface area contributed by atoms with Crippen LogP contribution in [0.3, 0.4) is 0 Å². The number of hydrogen-bond acceptors (Lipinski definition) is 3. The summed E-state index contributed by atoms with van der Waals surface area (Å²) in [5.74, 6) is 0.0694. The van der Waals surface area contributed by atoms with Crippen molar-refractivity contribution >= 4 is 17.5 Å². The number of nitrogens with zero attached hydrogens (tertiary/aromatic N) is 3. The molecule has 2 rings (SSSR count). The van der Waals surface area contributed by atoms with Crippen molar-refractivity contribution in [2.75, 3.05) is 19.7 Å². The van der Waals surface area contributed by atoms with Crippen molar-refractivity contribution in [3.63, 3.8) is 0 Å². The van der Waals surface area contributed by atoms with E-state index in [9.17, 15) is 9.90 Å². The molecule has 0 unspecified atom stereocenters. The van der Waals surface area contributed by atoms with Crippen LogP contribution in [-0.4, -0.2) is 45.4 Å². The molecular weight excluding hydrogens is 290 g/mol. The van der Waals surface area contributed by atoms with E-state index in [-0.39, 0.29) is 24.5 Å². The number of piperidine rings is 1. The van der Waals surface area contributed by atoms with Gasteiger partial charge in [0.2, 0.25) is 5.91 Å². The summed E-state index contributed by atoms with van der Waals surface area (Å²) >= 11 is 6.11. The monoisotopic (exact) mass is 313 g/mol. The van der Waals surface area contributed by atoms with Gasteiger partial charge in [-0.05, 0) is 38.5 Å². The van der Waals surface area contributed by atoms with E-state index in [2.05, 4.69) is 12.0 Å². The number of carbonyl (C=O) groups is 1. The largest absolute Gasteiger partial charge is 0.396 e. The third kappa shape index (κ3) is 3.24. The molecule has 0 aromatic carbocycles. The zero-order valence-electron chi connectivity index (χ0n) is 13.0. The number of carbonyl (C=O) groups excluding carboxylic acids is 1. The van der Waals surface area contributed by atoms with Crippen molar-refractivity contribution in [2.45, 2.75) is 46.6 Å². The molecule has 1 fully saturated rings. The number of aliphatic hydroxyl groups excluding tert-OH is 1. The molecule has 5 nitrogen and oxygen atoms in total. The molecule has 1 aliphatic rings. The molecule has 1 aliphatic heterocycles. The van der Waals surface area contributed by atoms with Gasteiger partial charge in [-0.1, -0.05) is 18.5 Å². The first-order chi connectivity index (χ1) is 9.92. The van der Waals surface area contributed by atoms with Crippen molar-refractivity contribution in [1.29, 1.82) is 0 Å². The number of likely N-dealkylation sites (tertiary alicyclic amines) is 1. The summed E-state index contributed by atoms with van der Waals surface area (Å²) < 4.78 is 1.67. The Balaban J connectivity index is 1.98. The van der Waals surface area contributed by atoms with Crippen molar-refractivity contribution in [1.82, 2.24) is 14.7 Å². The van der Waals surface area contributed by atoms with Gasteiger partial charge in [-0.25, -0.2) is 0 Å². The first-order valence-electron chi connectivity index (χ1n) is 7.50. The Hall–Kier alpha value is -1.07. The van der Waals surface area contributed by atoms with E-state index in [1.54, 1.807) is 4.68 Å². The van der Waals surface area contributed by atoms with E-state index in [0.717, 1.165) is 30.7 Å². The predicted molar refractivity (Wildman–Crippen MR) is 82.3 cm³/mol. The van der Waals surface area contributed by atoms with E-state index in [1.807, 2.05) is 18.7 Å². The quantitative estimate of drug-likeness (QED) is 0.926. The molecule has 0 atom stereocenters. The van der Waals surface area contributed by atoms with E-state index in [0.29, 0.717) is 18.1 Å². The minimum atomic E-state index is -0.00169. The molecule has 0 aliphatic carbocycles. The molecule has 0 radical (unpaired) electrons. The van der Waals surface area contributed by atoms with Crippen molar-refractivity contribution in [2.24, 2.45) is 5.41 Å². The van der Waals surface area contributed by atoms with Crippen molar-refractivity contribution in [3.05, 3.63) is 16.4 Å². The summed E-state index contributed by atoms with van der Waals surface area (Å²) in [7, 11) is 0. The van der Waals surface area contributed by atoms with Gasteiger partial charge in [0.25, 0.3) is 0 Å². The lowest BCUT2D eigenvalue weighted by atomic mass is 9.77. The molecule has 6 heteroatoms. The highest BCUT2D eigenvalue weighted by molar-refractivity contribution is 6.31. The van der Waals surface area contributed by atoms with E-state index in [1.165, 1.54) is 0 Å². The van der Waals surface area contributed by atoms with Crippen LogP contribution in [0.4, 0.5) is 0 Å². The van der Waals surface area contributed by atoms with Gasteiger partial charge < -0.3 is 10.0 Å². The number of hydrogen-bond donors (Lipinski definition) is 1. The molecule has 0 spiro atoms. The maximum Gasteiger partial charge on any atom is 0.244 e. The van der Waals surface area contributed by atoms with Gasteiger partial charge >= 0.3 is 0 Å². The standard InChI is InChI=1S/C15H24ClN3O2/c1-4-15(10-20)5-7-18(8-6-15)13(21)9-19-12(3)14(16)11(2)17-19/h20H,4-10H2,1-3H3. The fraction of sp³-hybridized carbons (Fsp3) is 0.733. The van der Waals surface area contributed by atoms with E-state index in [4.69, 9.17) is 11.6 Å². The smallest absolute Gasteiger partial charge is 0.244 e. The summed E-state index contributed by atoms with van der Waals surface area (Å²) in [6, 6.07) is 0. The van der Waals surface area contributed by atoms with E-state index < -0.39 is 0 Å². The first-order valence-corrected chi connectivity index (χ1v) is 7.88. The summed E-state index contributed by atoms with van der Waals surface area (Å²) in [6.45, 7) is 7.68. The fourth-order valence-corrected chi connectivity index (χ4v) is 3.05. The molecule has 1 saturated heterocycles. The molecule has 1 N–H and O–H groups in total. The molecule has 1 amide bonds. The van der Waals surface area contributed by atoms with Crippen LogP contribution in [0.5, 0.6) is 0 Å². The number of rotatable bonds is 4. The Labute approximate surface area is 130 Å². The molecule has 2 heterocycles. The average Bonchev–Trinajstić information content (AvgIpc) is 2.74. The zero-order chi connectivity index (χ0) is 15.6. The summed E-state index contributed by atoms with van der Waals surface area (Å²) in [4.78, 5) is 14.3. The SMILES string of the molecule is CCC1(CO)CCN(C(=O)Cn2nc(C)c(Cl)c2C)CC1. The second-order valence-corrected chi connectivity index (χ2v) is 6.41. The Morgan fingerprint density at radius 2 is 2.00 bits per heavy atom. The molecule has 1 aromatic rings. The molecule has 118 valence electrons. The van der Waals surface area contributed by atoms with Gasteiger partial charge in [-0.15, -0.1) is 0 Å². The van der Waals surface area contributed by atoms with Gasteiger partial charge in [-0.2, -0.15) is 5.10 Å². The number of halogens is 1. The molecule has 21 heavy (non-hydrogen) atoms. The van der Waals surface area contributed by atoms with Crippen LogP contribution < -0.4 is 0 Å².